The van der Waals surface area contributed by atoms with Gasteiger partial charge in [0.25, 0.3) is 15.9 Å². The molecular formula is C28H27ClN4O4S. The third kappa shape index (κ3) is 6.33. The summed E-state index contributed by atoms with van der Waals surface area (Å²) in [4.78, 5) is 25.8. The van der Waals surface area contributed by atoms with E-state index in [4.69, 9.17) is 11.6 Å². The number of hydrogen-bond donors (Lipinski definition) is 2. The number of anilines is 1. The SMILES string of the molecule is CCC(C(=O)NCc1cccc(C(=O)NC2CC2)c1)N(c1cccc(C#N)c1)S(=O)(=O)c1ccc(Cl)cc1. The fourth-order valence-corrected chi connectivity index (χ4v) is 5.81. The molecule has 0 saturated heterocycles. The van der Waals surface area contributed by atoms with Crippen LogP contribution in [0.3, 0.4) is 0 Å². The predicted molar refractivity (Wildman–Crippen MR) is 145 cm³/mol. The van der Waals surface area contributed by atoms with Gasteiger partial charge in [-0.05, 0) is 79.4 Å². The molecule has 4 rings (SSSR count). The number of carbonyl (C=O) groups is 2. The van der Waals surface area contributed by atoms with E-state index in [1.165, 1.54) is 30.3 Å². The van der Waals surface area contributed by atoms with E-state index < -0.39 is 22.0 Å². The molecule has 196 valence electrons. The number of sulfonamides is 1. The van der Waals surface area contributed by atoms with Crippen LogP contribution in [0.15, 0.2) is 77.7 Å². The molecule has 1 saturated carbocycles. The van der Waals surface area contributed by atoms with Gasteiger partial charge in [-0.25, -0.2) is 8.42 Å². The van der Waals surface area contributed by atoms with Crippen molar-refractivity contribution in [3.05, 3.63) is 94.5 Å². The number of rotatable bonds is 10. The maximum absolute atomic E-state index is 13.8. The molecule has 38 heavy (non-hydrogen) atoms. The Morgan fingerprint density at radius 2 is 1.79 bits per heavy atom. The highest BCUT2D eigenvalue weighted by Crippen LogP contribution is 2.29. The van der Waals surface area contributed by atoms with Crippen LogP contribution >= 0.6 is 11.6 Å². The summed E-state index contributed by atoms with van der Waals surface area (Å²) in [5, 5.41) is 15.5. The van der Waals surface area contributed by atoms with Gasteiger partial charge in [0.15, 0.2) is 0 Å². The number of hydrogen-bond acceptors (Lipinski definition) is 5. The smallest absolute Gasteiger partial charge is 0.265 e. The van der Waals surface area contributed by atoms with Gasteiger partial charge in [-0.3, -0.25) is 13.9 Å². The number of amides is 2. The largest absolute Gasteiger partial charge is 0.350 e. The summed E-state index contributed by atoms with van der Waals surface area (Å²) >= 11 is 5.96. The second-order valence-corrected chi connectivity index (χ2v) is 11.3. The highest BCUT2D eigenvalue weighted by Gasteiger charge is 2.35. The zero-order chi connectivity index (χ0) is 27.3. The molecule has 1 aliphatic carbocycles. The molecule has 1 aliphatic rings. The van der Waals surface area contributed by atoms with Crippen LogP contribution in [0.5, 0.6) is 0 Å². The third-order valence-corrected chi connectivity index (χ3v) is 8.24. The van der Waals surface area contributed by atoms with Crippen molar-refractivity contribution in [3.63, 3.8) is 0 Å². The minimum atomic E-state index is -4.21. The van der Waals surface area contributed by atoms with Crippen LogP contribution in [-0.2, 0) is 21.4 Å². The fourth-order valence-electron chi connectivity index (χ4n) is 4.00. The molecule has 1 unspecified atom stereocenters. The van der Waals surface area contributed by atoms with Gasteiger partial charge >= 0.3 is 0 Å². The van der Waals surface area contributed by atoms with Gasteiger partial charge in [0.1, 0.15) is 6.04 Å². The Balaban J connectivity index is 1.61. The number of benzene rings is 3. The molecule has 3 aromatic rings. The molecule has 0 radical (unpaired) electrons. The average Bonchev–Trinajstić information content (AvgIpc) is 3.74. The molecular weight excluding hydrogens is 524 g/mol. The predicted octanol–water partition coefficient (Wildman–Crippen LogP) is 4.39. The van der Waals surface area contributed by atoms with Crippen molar-refractivity contribution in [2.24, 2.45) is 0 Å². The van der Waals surface area contributed by atoms with E-state index in [0.717, 1.165) is 17.1 Å². The molecule has 0 heterocycles. The Kier molecular flexibility index (Phi) is 8.35. The van der Waals surface area contributed by atoms with E-state index in [2.05, 4.69) is 10.6 Å². The fraction of sp³-hybridized carbons (Fsp3) is 0.250. The first-order chi connectivity index (χ1) is 18.2. The van der Waals surface area contributed by atoms with Crippen molar-refractivity contribution in [1.29, 1.82) is 5.26 Å². The lowest BCUT2D eigenvalue weighted by Gasteiger charge is -2.31. The Hall–Kier alpha value is -3.87. The van der Waals surface area contributed by atoms with E-state index in [1.54, 1.807) is 49.4 Å². The van der Waals surface area contributed by atoms with Gasteiger partial charge in [-0.2, -0.15) is 5.26 Å². The monoisotopic (exact) mass is 550 g/mol. The van der Waals surface area contributed by atoms with Crippen molar-refractivity contribution >= 4 is 39.1 Å². The van der Waals surface area contributed by atoms with Crippen molar-refractivity contribution < 1.29 is 18.0 Å². The van der Waals surface area contributed by atoms with Gasteiger partial charge in [-0.15, -0.1) is 0 Å². The zero-order valence-electron chi connectivity index (χ0n) is 20.7. The standard InChI is InChI=1S/C28H27ClN4O4S/c1-2-26(28(35)31-18-20-6-3-7-21(15-20)27(34)32-23-11-12-23)33(24-8-4-5-19(16-24)17-30)38(36,37)25-13-9-22(29)10-14-25/h3-10,13-16,23,26H,2,11-12,18H2,1H3,(H,31,35)(H,32,34). The van der Waals surface area contributed by atoms with Gasteiger partial charge in [0.2, 0.25) is 5.91 Å². The first-order valence-electron chi connectivity index (χ1n) is 12.2. The summed E-state index contributed by atoms with van der Waals surface area (Å²) in [7, 11) is -4.21. The highest BCUT2D eigenvalue weighted by atomic mass is 35.5. The van der Waals surface area contributed by atoms with Crippen molar-refractivity contribution in [1.82, 2.24) is 10.6 Å². The second-order valence-electron chi connectivity index (χ2n) is 9.01. The number of carbonyl (C=O) groups excluding carboxylic acids is 2. The number of halogens is 1. The summed E-state index contributed by atoms with van der Waals surface area (Å²) in [5.74, 6) is -0.676. The topological polar surface area (TPSA) is 119 Å². The molecule has 1 atom stereocenters. The summed E-state index contributed by atoms with van der Waals surface area (Å²) in [5.41, 5.74) is 1.65. The molecule has 0 bridgehead atoms. The lowest BCUT2D eigenvalue weighted by Crippen LogP contribution is -2.49. The second kappa shape index (κ2) is 11.7. The molecule has 2 amide bonds. The molecule has 1 fully saturated rings. The highest BCUT2D eigenvalue weighted by molar-refractivity contribution is 7.93. The van der Waals surface area contributed by atoms with Crippen LogP contribution in [0.4, 0.5) is 5.69 Å². The Bertz CT molecular complexity index is 1480. The Morgan fingerprint density at radius 1 is 1.08 bits per heavy atom. The van der Waals surface area contributed by atoms with Crippen LogP contribution in [0.2, 0.25) is 5.02 Å². The number of nitriles is 1. The molecule has 0 aromatic heterocycles. The third-order valence-electron chi connectivity index (χ3n) is 6.14. The van der Waals surface area contributed by atoms with Crippen LogP contribution in [0.25, 0.3) is 0 Å². The van der Waals surface area contributed by atoms with E-state index in [9.17, 15) is 23.3 Å². The molecule has 0 spiro atoms. The van der Waals surface area contributed by atoms with Crippen LogP contribution in [0, 0.1) is 11.3 Å². The van der Waals surface area contributed by atoms with Crippen molar-refractivity contribution in [2.75, 3.05) is 4.31 Å². The minimum absolute atomic E-state index is 0.0371. The van der Waals surface area contributed by atoms with E-state index in [-0.39, 0.29) is 41.1 Å². The normalized spacial score (nSPS) is 13.7. The van der Waals surface area contributed by atoms with E-state index >= 15 is 0 Å². The van der Waals surface area contributed by atoms with Crippen LogP contribution in [-0.4, -0.2) is 32.3 Å². The lowest BCUT2D eigenvalue weighted by atomic mass is 10.1. The van der Waals surface area contributed by atoms with Gasteiger partial charge in [-0.1, -0.05) is 36.7 Å². The molecule has 2 N–H and O–H groups in total. The number of nitrogens with zero attached hydrogens (tertiary/aromatic N) is 2. The van der Waals surface area contributed by atoms with Gasteiger partial charge < -0.3 is 10.6 Å². The summed E-state index contributed by atoms with van der Waals surface area (Å²) < 4.78 is 28.7. The van der Waals surface area contributed by atoms with Crippen molar-refractivity contribution in [2.45, 2.75) is 49.7 Å². The maximum atomic E-state index is 13.8. The van der Waals surface area contributed by atoms with Gasteiger partial charge in [0.05, 0.1) is 22.2 Å². The Labute approximate surface area is 227 Å². The summed E-state index contributed by atoms with van der Waals surface area (Å²) in [6.07, 6.45) is 2.12. The van der Waals surface area contributed by atoms with Crippen LogP contribution < -0.4 is 14.9 Å². The van der Waals surface area contributed by atoms with Crippen molar-refractivity contribution in [3.8, 4) is 6.07 Å². The minimum Gasteiger partial charge on any atom is -0.350 e. The molecule has 3 aromatic carbocycles. The average molecular weight is 551 g/mol. The first kappa shape index (κ1) is 27.2. The molecule has 8 nitrogen and oxygen atoms in total. The summed E-state index contributed by atoms with van der Waals surface area (Å²) in [6.45, 7) is 1.82. The van der Waals surface area contributed by atoms with Gasteiger partial charge in [0, 0.05) is 23.2 Å². The molecule has 0 aliphatic heterocycles. The maximum Gasteiger partial charge on any atom is 0.265 e. The zero-order valence-corrected chi connectivity index (χ0v) is 22.3. The first-order valence-corrected chi connectivity index (χ1v) is 14.0. The van der Waals surface area contributed by atoms with E-state index in [0.29, 0.717) is 16.1 Å². The molecule has 10 heteroatoms. The Morgan fingerprint density at radius 3 is 2.45 bits per heavy atom. The van der Waals surface area contributed by atoms with Crippen LogP contribution in [0.1, 0.15) is 47.7 Å². The summed E-state index contributed by atoms with van der Waals surface area (Å²) in [6, 6.07) is 19.9. The quantitative estimate of drug-likeness (QED) is 0.388. The lowest BCUT2D eigenvalue weighted by molar-refractivity contribution is -0.122. The van der Waals surface area contributed by atoms with E-state index in [1.807, 2.05) is 6.07 Å². The number of nitrogens with one attached hydrogen (secondary N) is 2.